The molecule has 0 saturated heterocycles. The molecule has 15 heavy (non-hydrogen) atoms. The van der Waals surface area contributed by atoms with Crippen molar-refractivity contribution in [2.75, 3.05) is 7.11 Å². The molecule has 2 nitrogen and oxygen atoms in total. The molecule has 0 fully saturated rings. The van der Waals surface area contributed by atoms with Gasteiger partial charge in [-0.1, -0.05) is 24.2 Å². The van der Waals surface area contributed by atoms with Gasteiger partial charge >= 0.3 is 0 Å². The average molecular weight is 222 g/mol. The molecule has 2 rings (SSSR count). The fourth-order valence-electron chi connectivity index (χ4n) is 1.70. The van der Waals surface area contributed by atoms with Crippen LogP contribution in [-0.2, 0) is 6.54 Å². The zero-order chi connectivity index (χ0) is 10.8. The van der Waals surface area contributed by atoms with Gasteiger partial charge in [0.2, 0.25) is 0 Å². The molecule has 0 aliphatic heterocycles. The highest BCUT2D eigenvalue weighted by atomic mass is 35.5. The molecule has 2 aromatic rings. The van der Waals surface area contributed by atoms with Gasteiger partial charge in [-0.3, -0.25) is 0 Å². The van der Waals surface area contributed by atoms with Gasteiger partial charge in [0.1, 0.15) is 5.75 Å². The summed E-state index contributed by atoms with van der Waals surface area (Å²) in [5.74, 6) is 0.881. The highest BCUT2D eigenvalue weighted by Gasteiger charge is 2.05. The second-order valence-electron chi connectivity index (χ2n) is 3.35. The quantitative estimate of drug-likeness (QED) is 0.775. The maximum atomic E-state index is 5.80. The molecular weight excluding hydrogens is 210 g/mol. The summed E-state index contributed by atoms with van der Waals surface area (Å²) in [5, 5.41) is 1.72. The lowest BCUT2D eigenvalue weighted by Gasteiger charge is -2.05. The molecule has 0 bridgehead atoms. The second kappa shape index (κ2) is 3.99. The molecular formula is C12H12ClNO. The lowest BCUT2D eigenvalue weighted by molar-refractivity contribution is 0.420. The van der Waals surface area contributed by atoms with Crippen LogP contribution in [0.15, 0.2) is 42.1 Å². The van der Waals surface area contributed by atoms with Crippen molar-refractivity contribution in [3.05, 3.63) is 42.1 Å². The molecule has 0 aliphatic carbocycles. The summed E-state index contributed by atoms with van der Waals surface area (Å²) in [4.78, 5) is 0. The van der Waals surface area contributed by atoms with E-state index in [1.165, 1.54) is 0 Å². The van der Waals surface area contributed by atoms with Crippen molar-refractivity contribution in [3.63, 3.8) is 0 Å². The number of fused-ring (bicyclic) bond motifs is 1. The molecule has 0 amide bonds. The summed E-state index contributed by atoms with van der Waals surface area (Å²) in [6.07, 6.45) is 1.99. The summed E-state index contributed by atoms with van der Waals surface area (Å²) in [6.45, 7) is 4.32. The molecule has 0 atom stereocenters. The molecule has 0 saturated carbocycles. The van der Waals surface area contributed by atoms with E-state index in [1.54, 1.807) is 7.11 Å². The molecule has 1 heterocycles. The Morgan fingerprint density at radius 2 is 2.27 bits per heavy atom. The van der Waals surface area contributed by atoms with Gasteiger partial charge in [0.15, 0.2) is 0 Å². The van der Waals surface area contributed by atoms with Crippen LogP contribution in [0.5, 0.6) is 5.75 Å². The topological polar surface area (TPSA) is 14.2 Å². The summed E-state index contributed by atoms with van der Waals surface area (Å²) < 4.78 is 7.33. The third-order valence-electron chi connectivity index (χ3n) is 2.34. The van der Waals surface area contributed by atoms with Crippen LogP contribution < -0.4 is 4.74 Å². The Hall–Kier alpha value is -1.41. The molecule has 0 radical (unpaired) electrons. The van der Waals surface area contributed by atoms with Crippen molar-refractivity contribution < 1.29 is 4.74 Å². The van der Waals surface area contributed by atoms with E-state index in [0.29, 0.717) is 11.6 Å². The van der Waals surface area contributed by atoms with E-state index in [4.69, 9.17) is 16.3 Å². The number of hydrogen-bond acceptors (Lipinski definition) is 1. The molecule has 0 N–H and O–H groups in total. The van der Waals surface area contributed by atoms with E-state index < -0.39 is 0 Å². The summed E-state index contributed by atoms with van der Waals surface area (Å²) in [7, 11) is 1.67. The number of nitrogens with zero attached hydrogens (tertiary/aromatic N) is 1. The predicted molar refractivity (Wildman–Crippen MR) is 63.5 cm³/mol. The van der Waals surface area contributed by atoms with Crippen molar-refractivity contribution in [2.45, 2.75) is 6.54 Å². The van der Waals surface area contributed by atoms with Gasteiger partial charge < -0.3 is 9.30 Å². The standard InChI is InChI=1S/C12H12ClNO/c1-9(13)8-14-7-6-10-11(14)4-3-5-12(10)15-2/h3-7H,1,8H2,2H3. The normalized spacial score (nSPS) is 10.5. The molecule has 1 aromatic carbocycles. The van der Waals surface area contributed by atoms with Crippen LogP contribution in [0.2, 0.25) is 0 Å². The number of rotatable bonds is 3. The molecule has 0 unspecified atom stereocenters. The second-order valence-corrected chi connectivity index (χ2v) is 3.89. The average Bonchev–Trinajstić information content (AvgIpc) is 2.61. The summed E-state index contributed by atoms with van der Waals surface area (Å²) in [6, 6.07) is 7.97. The van der Waals surface area contributed by atoms with Crippen LogP contribution in [0.4, 0.5) is 0 Å². The monoisotopic (exact) mass is 221 g/mol. The van der Waals surface area contributed by atoms with Gasteiger partial charge in [0.05, 0.1) is 19.2 Å². The van der Waals surface area contributed by atoms with Crippen molar-refractivity contribution in [3.8, 4) is 5.75 Å². The van der Waals surface area contributed by atoms with Crippen LogP contribution in [0, 0.1) is 0 Å². The molecule has 0 aliphatic rings. The minimum atomic E-state index is 0.621. The van der Waals surface area contributed by atoms with Crippen molar-refractivity contribution >= 4 is 22.5 Å². The number of benzene rings is 1. The van der Waals surface area contributed by atoms with E-state index in [2.05, 4.69) is 6.58 Å². The molecule has 3 heteroatoms. The van der Waals surface area contributed by atoms with Crippen molar-refractivity contribution in [2.24, 2.45) is 0 Å². The Morgan fingerprint density at radius 1 is 1.47 bits per heavy atom. The smallest absolute Gasteiger partial charge is 0.128 e. The Kier molecular flexibility index (Phi) is 2.69. The highest BCUT2D eigenvalue weighted by molar-refractivity contribution is 6.29. The van der Waals surface area contributed by atoms with E-state index >= 15 is 0 Å². The third kappa shape index (κ3) is 1.85. The minimum absolute atomic E-state index is 0.621. The van der Waals surface area contributed by atoms with E-state index in [1.807, 2.05) is 35.0 Å². The summed E-state index contributed by atoms with van der Waals surface area (Å²) in [5.41, 5.74) is 1.11. The zero-order valence-corrected chi connectivity index (χ0v) is 9.29. The van der Waals surface area contributed by atoms with Crippen molar-refractivity contribution in [1.29, 1.82) is 0 Å². The van der Waals surface area contributed by atoms with Crippen LogP contribution in [0.1, 0.15) is 0 Å². The van der Waals surface area contributed by atoms with Gasteiger partial charge in [-0.2, -0.15) is 0 Å². The van der Waals surface area contributed by atoms with Crippen LogP contribution in [0.25, 0.3) is 10.9 Å². The first-order valence-electron chi connectivity index (χ1n) is 4.67. The van der Waals surface area contributed by atoms with Crippen molar-refractivity contribution in [1.82, 2.24) is 4.57 Å². The molecule has 1 aromatic heterocycles. The first-order chi connectivity index (χ1) is 7.22. The van der Waals surface area contributed by atoms with Gasteiger partial charge in [-0.25, -0.2) is 0 Å². The predicted octanol–water partition coefficient (Wildman–Crippen LogP) is 3.40. The molecule has 78 valence electrons. The van der Waals surface area contributed by atoms with Gasteiger partial charge in [-0.15, -0.1) is 0 Å². The van der Waals surface area contributed by atoms with Crippen LogP contribution in [-0.4, -0.2) is 11.7 Å². The Bertz CT molecular complexity index is 501. The van der Waals surface area contributed by atoms with E-state index in [0.717, 1.165) is 16.7 Å². The minimum Gasteiger partial charge on any atom is -0.496 e. The number of allylic oxidation sites excluding steroid dienone is 1. The Morgan fingerprint density at radius 3 is 2.93 bits per heavy atom. The SMILES string of the molecule is C=C(Cl)Cn1ccc2c(OC)cccc21. The lowest BCUT2D eigenvalue weighted by Crippen LogP contribution is -1.94. The first-order valence-corrected chi connectivity index (χ1v) is 5.05. The van der Waals surface area contributed by atoms with E-state index in [9.17, 15) is 0 Å². The highest BCUT2D eigenvalue weighted by Crippen LogP contribution is 2.26. The van der Waals surface area contributed by atoms with Gasteiger partial charge in [0, 0.05) is 16.6 Å². The Labute approximate surface area is 93.7 Å². The number of aromatic nitrogens is 1. The fraction of sp³-hybridized carbons (Fsp3) is 0.167. The fourth-order valence-corrected chi connectivity index (χ4v) is 1.82. The van der Waals surface area contributed by atoms with Crippen LogP contribution >= 0.6 is 11.6 Å². The number of ether oxygens (including phenoxy) is 1. The summed E-state index contributed by atoms with van der Waals surface area (Å²) >= 11 is 5.80. The molecule has 0 spiro atoms. The first kappa shape index (κ1) is 10.1. The lowest BCUT2D eigenvalue weighted by atomic mass is 10.2. The maximum Gasteiger partial charge on any atom is 0.128 e. The zero-order valence-electron chi connectivity index (χ0n) is 8.53. The van der Waals surface area contributed by atoms with Gasteiger partial charge in [0.25, 0.3) is 0 Å². The largest absolute Gasteiger partial charge is 0.496 e. The van der Waals surface area contributed by atoms with Crippen LogP contribution in [0.3, 0.4) is 0 Å². The Balaban J connectivity index is 2.55. The number of methoxy groups -OCH3 is 1. The maximum absolute atomic E-state index is 5.80. The van der Waals surface area contributed by atoms with E-state index in [-0.39, 0.29) is 0 Å². The number of halogens is 1. The third-order valence-corrected chi connectivity index (χ3v) is 2.46. The van der Waals surface area contributed by atoms with Gasteiger partial charge in [-0.05, 0) is 18.2 Å². The number of hydrogen-bond donors (Lipinski definition) is 0.